The molecule has 1 saturated heterocycles. The van der Waals surface area contributed by atoms with Gasteiger partial charge in [-0.3, -0.25) is 4.90 Å². The van der Waals surface area contributed by atoms with Gasteiger partial charge >= 0.3 is 18.6 Å². The number of hydrogen-bond acceptors (Lipinski definition) is 5. The molecule has 0 bridgehead atoms. The Morgan fingerprint density at radius 2 is 2.03 bits per heavy atom. The lowest BCUT2D eigenvalue weighted by Gasteiger charge is -2.33. The van der Waals surface area contributed by atoms with Crippen LogP contribution in [0.5, 0.6) is 5.75 Å². The molecule has 2 aliphatic rings. The van der Waals surface area contributed by atoms with Gasteiger partial charge in [-0.2, -0.15) is 8.78 Å². The van der Waals surface area contributed by atoms with Crippen LogP contribution in [-0.2, 0) is 16.6 Å². The number of amides is 2. The van der Waals surface area contributed by atoms with Gasteiger partial charge in [0.1, 0.15) is 5.75 Å². The summed E-state index contributed by atoms with van der Waals surface area (Å²) in [4.78, 5) is 27.9. The number of aryl methyl sites for hydroxylation is 1. The van der Waals surface area contributed by atoms with Crippen molar-refractivity contribution in [1.82, 2.24) is 20.1 Å². The Kier molecular flexibility index (Phi) is 7.16. The third-order valence-electron chi connectivity index (χ3n) is 6.15. The second-order valence-corrected chi connectivity index (χ2v) is 8.23. The van der Waals surface area contributed by atoms with E-state index < -0.39 is 24.7 Å². The Labute approximate surface area is 196 Å². The van der Waals surface area contributed by atoms with E-state index in [1.807, 2.05) is 19.3 Å². The molecule has 2 atom stereocenters. The normalized spacial score (nSPS) is 20.9. The smallest absolute Gasteiger partial charge is 0.387 e. The van der Waals surface area contributed by atoms with Gasteiger partial charge in [0.15, 0.2) is 0 Å². The molecule has 34 heavy (non-hydrogen) atoms. The van der Waals surface area contributed by atoms with Gasteiger partial charge < -0.3 is 24.7 Å². The zero-order chi connectivity index (χ0) is 24.2. The van der Waals surface area contributed by atoms with Gasteiger partial charge in [0.2, 0.25) is 0 Å². The number of para-hydroxylation sites is 1. The lowest BCUT2D eigenvalue weighted by molar-refractivity contribution is -0.139. The van der Waals surface area contributed by atoms with E-state index in [1.54, 1.807) is 25.1 Å². The Bertz CT molecular complexity index is 1080. The lowest BCUT2D eigenvalue weighted by Crippen LogP contribution is -2.48. The summed E-state index contributed by atoms with van der Waals surface area (Å²) >= 11 is 0. The highest BCUT2D eigenvalue weighted by molar-refractivity contribution is 5.95. The monoisotopic (exact) mass is 474 g/mol. The van der Waals surface area contributed by atoms with Crippen LogP contribution < -0.4 is 15.4 Å². The number of nitrogens with one attached hydrogen (secondary N) is 2. The maximum Gasteiger partial charge on any atom is 0.387 e. The van der Waals surface area contributed by atoms with Crippen molar-refractivity contribution in [2.24, 2.45) is 7.05 Å². The van der Waals surface area contributed by atoms with Gasteiger partial charge in [0, 0.05) is 36.7 Å². The number of ether oxygens (including phenoxy) is 2. The van der Waals surface area contributed by atoms with E-state index in [4.69, 9.17) is 4.74 Å². The van der Waals surface area contributed by atoms with Gasteiger partial charge in [-0.15, -0.1) is 0 Å². The molecule has 4 rings (SSSR count). The van der Waals surface area contributed by atoms with Gasteiger partial charge in [-0.05, 0) is 44.5 Å². The number of esters is 1. The van der Waals surface area contributed by atoms with Crippen molar-refractivity contribution in [2.75, 3.05) is 19.7 Å². The minimum absolute atomic E-state index is 0.117. The van der Waals surface area contributed by atoms with Crippen LogP contribution in [0.2, 0.25) is 0 Å². The Hall–Kier alpha value is -3.40. The number of alkyl halides is 2. The molecule has 0 saturated carbocycles. The topological polar surface area (TPSA) is 84.8 Å². The van der Waals surface area contributed by atoms with Gasteiger partial charge in [-0.1, -0.05) is 18.2 Å². The predicted molar refractivity (Wildman–Crippen MR) is 120 cm³/mol. The summed E-state index contributed by atoms with van der Waals surface area (Å²) in [6, 6.07) is 8.74. The summed E-state index contributed by atoms with van der Waals surface area (Å²) in [5.74, 6) is -0.745. The first kappa shape index (κ1) is 23.7. The molecular formula is C24H28F2N4O4. The summed E-state index contributed by atoms with van der Waals surface area (Å²) in [6.45, 7) is -0.160. The summed E-state index contributed by atoms with van der Waals surface area (Å²) in [6.07, 6.45) is 3.90. The number of hydrogen-bond donors (Lipinski definition) is 2. The molecule has 0 radical (unpaired) electrons. The first-order valence-corrected chi connectivity index (χ1v) is 11.3. The van der Waals surface area contributed by atoms with Crippen molar-refractivity contribution >= 4 is 12.0 Å². The molecule has 3 heterocycles. The fraction of sp³-hybridized carbons (Fsp3) is 0.417. The van der Waals surface area contributed by atoms with Crippen LogP contribution >= 0.6 is 0 Å². The maximum absolute atomic E-state index is 13.1. The number of carbonyl (C=O) groups excluding carboxylic acids is 2. The number of carbonyl (C=O) groups is 2. The molecule has 2 aromatic rings. The van der Waals surface area contributed by atoms with Crippen molar-refractivity contribution in [2.45, 2.75) is 38.5 Å². The zero-order valence-corrected chi connectivity index (χ0v) is 19.1. The summed E-state index contributed by atoms with van der Waals surface area (Å²) in [5, 5.41) is 5.45. The van der Waals surface area contributed by atoms with Crippen molar-refractivity contribution in [3.8, 4) is 5.75 Å². The van der Waals surface area contributed by atoms with Crippen molar-refractivity contribution in [1.29, 1.82) is 0 Å². The summed E-state index contributed by atoms with van der Waals surface area (Å²) in [5.41, 5.74) is 1.95. The minimum Gasteiger partial charge on any atom is -0.463 e. The number of benzene rings is 1. The molecule has 1 aromatic carbocycles. The zero-order valence-electron chi connectivity index (χ0n) is 19.1. The Morgan fingerprint density at radius 3 is 2.74 bits per heavy atom. The van der Waals surface area contributed by atoms with E-state index in [9.17, 15) is 18.4 Å². The molecule has 1 aromatic heterocycles. The van der Waals surface area contributed by atoms with Gasteiger partial charge in [0.05, 0.1) is 24.3 Å². The molecule has 8 nitrogen and oxygen atoms in total. The molecular weight excluding hydrogens is 446 g/mol. The predicted octanol–water partition coefficient (Wildman–Crippen LogP) is 3.63. The van der Waals surface area contributed by atoms with Crippen LogP contribution in [-0.4, -0.2) is 47.8 Å². The summed E-state index contributed by atoms with van der Waals surface area (Å²) in [7, 11) is 1.98. The quantitative estimate of drug-likeness (QED) is 0.571. The average Bonchev–Trinajstić information content (AvgIpc) is 3.41. The Balaban J connectivity index is 1.74. The van der Waals surface area contributed by atoms with Crippen LogP contribution in [0.25, 0.3) is 0 Å². The number of likely N-dealkylation sites (tertiary alicyclic amines) is 1. The lowest BCUT2D eigenvalue weighted by atomic mass is 9.94. The first-order chi connectivity index (χ1) is 16.4. The molecule has 0 spiro atoms. The molecule has 1 fully saturated rings. The SMILES string of the molecule is CCOC(=O)C1=C(CN2CCC[C@H]2c2cccn2C)NC(=O)N[C@H]1c1ccccc1OC(F)F. The van der Waals surface area contributed by atoms with E-state index >= 15 is 0 Å². The van der Waals surface area contributed by atoms with Gasteiger partial charge in [0.25, 0.3) is 0 Å². The molecule has 2 aliphatic heterocycles. The van der Waals surface area contributed by atoms with Crippen molar-refractivity contribution in [3.05, 3.63) is 65.1 Å². The molecule has 10 heteroatoms. The van der Waals surface area contributed by atoms with E-state index in [2.05, 4.69) is 30.9 Å². The van der Waals surface area contributed by atoms with E-state index in [0.29, 0.717) is 12.2 Å². The van der Waals surface area contributed by atoms with E-state index in [1.165, 1.54) is 6.07 Å². The third kappa shape index (κ3) is 4.91. The third-order valence-corrected chi connectivity index (χ3v) is 6.15. The van der Waals surface area contributed by atoms with Crippen LogP contribution in [0.3, 0.4) is 0 Å². The second kappa shape index (κ2) is 10.3. The summed E-state index contributed by atoms with van der Waals surface area (Å²) < 4.78 is 38.1. The number of aromatic nitrogens is 1. The van der Waals surface area contributed by atoms with Crippen LogP contribution in [0.4, 0.5) is 13.6 Å². The fourth-order valence-corrected chi connectivity index (χ4v) is 4.72. The van der Waals surface area contributed by atoms with Crippen LogP contribution in [0, 0.1) is 0 Å². The first-order valence-electron chi connectivity index (χ1n) is 11.3. The van der Waals surface area contributed by atoms with Crippen LogP contribution in [0.1, 0.15) is 43.1 Å². The number of urea groups is 1. The number of rotatable bonds is 8. The van der Waals surface area contributed by atoms with Crippen LogP contribution in [0.15, 0.2) is 53.9 Å². The molecule has 182 valence electrons. The fourth-order valence-electron chi connectivity index (χ4n) is 4.72. The van der Waals surface area contributed by atoms with Crippen molar-refractivity contribution in [3.63, 3.8) is 0 Å². The minimum atomic E-state index is -3.05. The highest BCUT2D eigenvalue weighted by Crippen LogP contribution is 2.37. The molecule has 0 aliphatic carbocycles. The standard InChI is InChI=1S/C24H28F2N4O4/c1-3-33-22(31)20-16(14-30-13-7-10-18(30)17-9-6-12-29(17)2)27-24(32)28-21(20)15-8-4-5-11-19(15)34-23(25)26/h4-6,8-9,11-12,18,21,23H,3,7,10,13-14H2,1-2H3,(H2,27,28,32)/t18-,21-/m0/s1. The van der Waals surface area contributed by atoms with Crippen molar-refractivity contribution < 1.29 is 27.8 Å². The molecule has 2 N–H and O–H groups in total. The largest absolute Gasteiger partial charge is 0.463 e. The highest BCUT2D eigenvalue weighted by atomic mass is 19.3. The average molecular weight is 475 g/mol. The number of halogens is 2. The number of nitrogens with zero attached hydrogens (tertiary/aromatic N) is 2. The molecule has 0 unspecified atom stereocenters. The second-order valence-electron chi connectivity index (χ2n) is 8.23. The maximum atomic E-state index is 13.1. The van der Waals surface area contributed by atoms with Gasteiger partial charge in [-0.25, -0.2) is 9.59 Å². The van der Waals surface area contributed by atoms with E-state index in [0.717, 1.165) is 25.1 Å². The van der Waals surface area contributed by atoms with E-state index in [-0.39, 0.29) is 29.5 Å². The Morgan fingerprint density at radius 1 is 1.24 bits per heavy atom. The highest BCUT2D eigenvalue weighted by Gasteiger charge is 2.37. The molecule has 2 amide bonds.